The lowest BCUT2D eigenvalue weighted by atomic mass is 9.97. The Hall–Kier alpha value is -7.46. The molecule has 0 bridgehead atoms. The van der Waals surface area contributed by atoms with Gasteiger partial charge in [-0.15, -0.1) is 0 Å². The number of carboxylic acids is 4. The Labute approximate surface area is 420 Å². The van der Waals surface area contributed by atoms with Gasteiger partial charge in [-0.2, -0.15) is 0 Å². The molecule has 0 rings (SSSR count). The molecule has 0 aromatic heterocycles. The predicted octanol–water partition coefficient (Wildman–Crippen LogP) is -4.22. The molecule has 0 heterocycles. The second-order valence-electron chi connectivity index (χ2n) is 18.3. The van der Waals surface area contributed by atoms with Crippen molar-refractivity contribution in [3.05, 3.63) is 0 Å². The number of hydrogen-bond donors (Lipinski definition) is 15. The largest absolute Gasteiger partial charge is 0.481 e. The number of amides is 10. The summed E-state index contributed by atoms with van der Waals surface area (Å²) >= 11 is 0. The van der Waals surface area contributed by atoms with E-state index in [1.165, 1.54) is 0 Å². The fraction of sp³-hybridized carbons (Fsp3) is 0.682. The van der Waals surface area contributed by atoms with E-state index in [1.807, 2.05) is 12.2 Å². The van der Waals surface area contributed by atoms with E-state index >= 15 is 0 Å². The van der Waals surface area contributed by atoms with Crippen LogP contribution in [0.25, 0.3) is 0 Å². The number of rotatable bonds is 36. The number of carboxylic acid groups (broad SMARTS) is 4. The molecule has 412 valence electrons. The molecule has 10 atom stereocenters. The molecule has 0 aromatic carbocycles. The van der Waals surface area contributed by atoms with Gasteiger partial charge >= 0.3 is 23.9 Å². The molecule has 0 unspecified atom stereocenters. The van der Waals surface area contributed by atoms with Crippen molar-refractivity contribution in [2.24, 2.45) is 35.0 Å². The Balaban J connectivity index is 6.56. The lowest BCUT2D eigenvalue weighted by Gasteiger charge is -2.27. The average Bonchev–Trinajstić information content (AvgIpc) is 3.27. The molecular formula is C44H73N11O18. The number of carbonyl (C=O) groups is 14. The van der Waals surface area contributed by atoms with Gasteiger partial charge in [0.15, 0.2) is 0 Å². The minimum atomic E-state index is -2.16. The van der Waals surface area contributed by atoms with Crippen LogP contribution in [-0.2, 0) is 67.1 Å². The van der Waals surface area contributed by atoms with Crippen LogP contribution in [0.3, 0.4) is 0 Å². The smallest absolute Gasteiger partial charge is 0.326 e. The Morgan fingerprint density at radius 2 is 0.712 bits per heavy atom. The maximum absolute atomic E-state index is 13.6. The summed E-state index contributed by atoms with van der Waals surface area (Å²) in [5, 5.41) is 55.9. The second kappa shape index (κ2) is 32.5. The number of aliphatic carboxylic acids is 4. The van der Waals surface area contributed by atoms with Crippen LogP contribution in [0.15, 0.2) is 0 Å². The van der Waals surface area contributed by atoms with Crippen LogP contribution in [-0.4, -0.2) is 158 Å². The van der Waals surface area contributed by atoms with Crippen molar-refractivity contribution < 1.29 is 87.5 Å². The van der Waals surface area contributed by atoms with Crippen LogP contribution in [0.5, 0.6) is 0 Å². The monoisotopic (exact) mass is 1040 g/mol. The van der Waals surface area contributed by atoms with E-state index in [0.717, 1.165) is 6.92 Å². The van der Waals surface area contributed by atoms with E-state index < -0.39 is 189 Å². The average molecular weight is 1040 g/mol. The van der Waals surface area contributed by atoms with Crippen molar-refractivity contribution in [3.8, 4) is 0 Å². The number of nitrogens with one attached hydrogen (secondary N) is 8. The molecule has 0 saturated heterocycles. The van der Waals surface area contributed by atoms with Crippen LogP contribution in [0, 0.1) is 17.8 Å². The normalized spacial score (nSPS) is 15.2. The summed E-state index contributed by atoms with van der Waals surface area (Å²) in [6.07, 6.45) is -5.30. The number of nitrogens with two attached hydrogens (primary N) is 3. The first-order valence-electron chi connectivity index (χ1n) is 23.4. The summed E-state index contributed by atoms with van der Waals surface area (Å²) in [5.74, 6) is -18.0. The van der Waals surface area contributed by atoms with Gasteiger partial charge in [0.05, 0.1) is 18.9 Å². The highest BCUT2D eigenvalue weighted by atomic mass is 16.4. The Morgan fingerprint density at radius 1 is 0.397 bits per heavy atom. The van der Waals surface area contributed by atoms with Crippen molar-refractivity contribution in [2.75, 3.05) is 0 Å². The highest BCUT2D eigenvalue weighted by Gasteiger charge is 2.36. The van der Waals surface area contributed by atoms with Crippen LogP contribution in [0.1, 0.15) is 119 Å². The Kier molecular flexibility index (Phi) is 29.2. The van der Waals surface area contributed by atoms with Crippen LogP contribution in [0.2, 0.25) is 0 Å². The summed E-state index contributed by atoms with van der Waals surface area (Å²) < 4.78 is 0. The molecule has 0 aliphatic rings. The van der Waals surface area contributed by atoms with Gasteiger partial charge in [0.25, 0.3) is 0 Å². The van der Waals surface area contributed by atoms with Crippen LogP contribution in [0.4, 0.5) is 0 Å². The highest BCUT2D eigenvalue weighted by Crippen LogP contribution is 2.12. The molecule has 0 aliphatic carbocycles. The number of hydrogen-bond acceptors (Lipinski definition) is 15. The third kappa shape index (κ3) is 26.5. The van der Waals surface area contributed by atoms with Gasteiger partial charge in [-0.05, 0) is 56.8 Å². The predicted molar refractivity (Wildman–Crippen MR) is 253 cm³/mol. The van der Waals surface area contributed by atoms with E-state index in [1.54, 1.807) is 34.6 Å². The standard InChI is InChI=1S/C44H73N11O18/c1-8-21(6)35(47)43(71)54-26(15-19(2)3)40(68)50-23(9-12-30(45)56)37(65)48-22(7)36(64)52-27(17-33(60)61)42(70)53-28(18-34(62)63)41(69)51-24(10-13-31(46)57)38(66)49-25(11-14-32(58)59)39(67)55-29(44(72)73)16-20(4)5/h19-29,35H,8-18,47H2,1-7H3,(H2,45,56)(H2,46,57)(H,48,65)(H,49,66)(H,50,68)(H,51,69)(H,52,64)(H,53,70)(H,54,71)(H,55,67)(H,58,59)(H,60,61)(H,62,63)(H,72,73)/t21-,22-,23-,24-,25-,26-,27-,28-,29-,35-/m0/s1. The molecule has 29 nitrogen and oxygen atoms in total. The Bertz CT molecular complexity index is 2020. The van der Waals surface area contributed by atoms with Gasteiger partial charge in [-0.1, -0.05) is 48.0 Å². The van der Waals surface area contributed by atoms with Crippen molar-refractivity contribution in [1.29, 1.82) is 0 Å². The molecule has 29 heteroatoms. The van der Waals surface area contributed by atoms with Gasteiger partial charge in [-0.25, -0.2) is 4.79 Å². The number of carbonyl (C=O) groups excluding carboxylic acids is 10. The third-order valence-electron chi connectivity index (χ3n) is 10.9. The SMILES string of the molecule is CC[C@H](C)[C@H](N)C(=O)N[C@@H](CC(C)C)C(=O)N[C@@H](CCC(N)=O)C(=O)N[C@@H](C)C(=O)N[C@@H](CC(=O)O)C(=O)N[C@@H](CC(=O)O)C(=O)N[C@@H](CCC(N)=O)C(=O)N[C@@H](CCC(=O)O)C(=O)N[C@@H](CC(C)C)C(=O)O. The first-order chi connectivity index (χ1) is 33.8. The molecule has 18 N–H and O–H groups in total. The van der Waals surface area contributed by atoms with Gasteiger partial charge in [-0.3, -0.25) is 62.3 Å². The minimum Gasteiger partial charge on any atom is -0.481 e. The number of primary amides is 2. The van der Waals surface area contributed by atoms with Crippen LogP contribution >= 0.6 is 0 Å². The minimum absolute atomic E-state index is 0.0686. The highest BCUT2D eigenvalue weighted by molar-refractivity contribution is 5.99. The second-order valence-corrected chi connectivity index (χ2v) is 18.3. The molecule has 0 fully saturated rings. The van der Waals surface area contributed by atoms with E-state index in [0.29, 0.717) is 6.42 Å². The first kappa shape index (κ1) is 65.5. The molecule has 0 saturated carbocycles. The summed E-state index contributed by atoms with van der Waals surface area (Å²) in [6, 6.07) is -14.7. The van der Waals surface area contributed by atoms with Crippen LogP contribution < -0.4 is 59.7 Å². The van der Waals surface area contributed by atoms with Crippen molar-refractivity contribution in [2.45, 2.75) is 173 Å². The fourth-order valence-electron chi connectivity index (χ4n) is 6.63. The van der Waals surface area contributed by atoms with E-state index in [2.05, 4.69) is 37.2 Å². The first-order valence-corrected chi connectivity index (χ1v) is 23.4. The van der Waals surface area contributed by atoms with Crippen molar-refractivity contribution in [1.82, 2.24) is 42.5 Å². The van der Waals surface area contributed by atoms with E-state index in [9.17, 15) is 87.5 Å². The topological polar surface area (TPSA) is 494 Å². The quantitative estimate of drug-likeness (QED) is 0.0283. The van der Waals surface area contributed by atoms with Crippen molar-refractivity contribution >= 4 is 82.9 Å². The zero-order valence-electron chi connectivity index (χ0n) is 41.9. The van der Waals surface area contributed by atoms with E-state index in [4.69, 9.17) is 17.2 Å². The molecule has 0 aromatic rings. The lowest BCUT2D eigenvalue weighted by Crippen LogP contribution is -2.60. The maximum Gasteiger partial charge on any atom is 0.326 e. The summed E-state index contributed by atoms with van der Waals surface area (Å²) in [5.41, 5.74) is 16.6. The molecule has 73 heavy (non-hydrogen) atoms. The summed E-state index contributed by atoms with van der Waals surface area (Å²) in [4.78, 5) is 178. The molecule has 0 aliphatic heterocycles. The molecule has 0 radical (unpaired) electrons. The van der Waals surface area contributed by atoms with Gasteiger partial charge in [0, 0.05) is 19.3 Å². The Morgan fingerprint density at radius 3 is 1.07 bits per heavy atom. The molecule has 10 amide bonds. The lowest BCUT2D eigenvalue weighted by molar-refractivity contribution is -0.144. The van der Waals surface area contributed by atoms with Gasteiger partial charge < -0.3 is 80.2 Å². The zero-order valence-corrected chi connectivity index (χ0v) is 41.9. The van der Waals surface area contributed by atoms with Crippen molar-refractivity contribution in [3.63, 3.8) is 0 Å². The maximum atomic E-state index is 13.6. The molecule has 0 spiro atoms. The fourth-order valence-corrected chi connectivity index (χ4v) is 6.63. The third-order valence-corrected chi connectivity index (χ3v) is 10.9. The molecular weight excluding hydrogens is 971 g/mol. The van der Waals surface area contributed by atoms with E-state index in [-0.39, 0.29) is 30.6 Å². The van der Waals surface area contributed by atoms with Gasteiger partial charge in [0.1, 0.15) is 48.3 Å². The van der Waals surface area contributed by atoms with Gasteiger partial charge in [0.2, 0.25) is 59.1 Å². The zero-order chi connectivity index (χ0) is 56.4. The summed E-state index contributed by atoms with van der Waals surface area (Å²) in [6.45, 7) is 11.5. The summed E-state index contributed by atoms with van der Waals surface area (Å²) in [7, 11) is 0.